The molecule has 1 atom stereocenters. The van der Waals surface area contributed by atoms with Gasteiger partial charge in [0.1, 0.15) is 0 Å². The molecule has 2 N–H and O–H groups in total. The average Bonchev–Trinajstić information content (AvgIpc) is 2.45. The van der Waals surface area contributed by atoms with Crippen molar-refractivity contribution in [2.45, 2.75) is 26.2 Å². The summed E-state index contributed by atoms with van der Waals surface area (Å²) in [5.74, 6) is -1.98. The SMILES string of the molecule is CCOC(=O)CC(C)c1c(N)cc(Br)c(C(=O)OC)c1[N+](=O)[O-]. The molecule has 0 saturated heterocycles. The van der Waals surface area contributed by atoms with Crippen LogP contribution in [0.15, 0.2) is 10.5 Å². The molecule has 0 spiro atoms. The summed E-state index contributed by atoms with van der Waals surface area (Å²) in [4.78, 5) is 34.3. The molecule has 0 aromatic heterocycles. The average molecular weight is 389 g/mol. The van der Waals surface area contributed by atoms with E-state index < -0.39 is 28.5 Å². The van der Waals surface area contributed by atoms with E-state index in [9.17, 15) is 19.7 Å². The summed E-state index contributed by atoms with van der Waals surface area (Å²) >= 11 is 3.09. The Hall–Kier alpha value is -2.16. The number of anilines is 1. The fraction of sp³-hybridized carbons (Fsp3) is 0.429. The molecule has 0 saturated carbocycles. The zero-order valence-corrected chi connectivity index (χ0v) is 14.5. The molecule has 0 bridgehead atoms. The van der Waals surface area contributed by atoms with Gasteiger partial charge in [0.15, 0.2) is 5.56 Å². The number of hydrogen-bond acceptors (Lipinski definition) is 7. The lowest BCUT2D eigenvalue weighted by Gasteiger charge is -2.16. The van der Waals surface area contributed by atoms with E-state index >= 15 is 0 Å². The van der Waals surface area contributed by atoms with Crippen molar-refractivity contribution in [2.75, 3.05) is 19.5 Å². The number of benzene rings is 1. The Bertz CT molecular complexity index is 647. The quantitative estimate of drug-likeness (QED) is 0.344. The minimum absolute atomic E-state index is 0.0961. The van der Waals surface area contributed by atoms with Gasteiger partial charge < -0.3 is 15.2 Å². The van der Waals surface area contributed by atoms with Crippen LogP contribution in [0.5, 0.6) is 0 Å². The van der Waals surface area contributed by atoms with Gasteiger partial charge in [-0.3, -0.25) is 14.9 Å². The number of nitrogen functional groups attached to an aromatic ring is 1. The van der Waals surface area contributed by atoms with Gasteiger partial charge in [0, 0.05) is 16.1 Å². The van der Waals surface area contributed by atoms with Crippen molar-refractivity contribution in [3.63, 3.8) is 0 Å². The van der Waals surface area contributed by atoms with E-state index in [0.717, 1.165) is 7.11 Å². The maximum absolute atomic E-state index is 11.9. The number of esters is 2. The number of methoxy groups -OCH3 is 1. The monoisotopic (exact) mass is 388 g/mol. The normalized spacial score (nSPS) is 11.7. The van der Waals surface area contributed by atoms with Crippen LogP contribution in [0.2, 0.25) is 0 Å². The number of carbonyl (C=O) groups excluding carboxylic acids is 2. The number of halogens is 1. The van der Waals surface area contributed by atoms with Crippen LogP contribution in [0.25, 0.3) is 0 Å². The van der Waals surface area contributed by atoms with E-state index in [1.807, 2.05) is 0 Å². The maximum Gasteiger partial charge on any atom is 0.346 e. The first-order valence-electron chi connectivity index (χ1n) is 6.74. The summed E-state index contributed by atoms with van der Waals surface area (Å²) in [6.07, 6.45) is -0.0961. The summed E-state index contributed by atoms with van der Waals surface area (Å²) in [6, 6.07) is 1.39. The lowest BCUT2D eigenvalue weighted by Crippen LogP contribution is -2.15. The number of nitrogens with zero attached hydrogens (tertiary/aromatic N) is 1. The Morgan fingerprint density at radius 1 is 1.48 bits per heavy atom. The standard InChI is InChI=1S/C14H17BrN2O6/c1-4-23-10(18)5-7(2)11-9(16)6-8(15)12(14(19)22-3)13(11)17(20)21/h6-7H,4-5,16H2,1-3H3. The number of nitrogens with two attached hydrogens (primary N) is 1. The maximum atomic E-state index is 11.9. The molecule has 0 radical (unpaired) electrons. The molecule has 1 unspecified atom stereocenters. The van der Waals surface area contributed by atoms with Crippen LogP contribution in [0, 0.1) is 10.1 Å². The zero-order valence-electron chi connectivity index (χ0n) is 12.9. The first-order valence-corrected chi connectivity index (χ1v) is 7.54. The molecule has 1 aromatic rings. The van der Waals surface area contributed by atoms with Crippen molar-refractivity contribution in [2.24, 2.45) is 0 Å². The minimum atomic E-state index is -0.867. The number of nitro benzene ring substituents is 1. The second kappa shape index (κ2) is 7.91. The fourth-order valence-corrected chi connectivity index (χ4v) is 2.84. The van der Waals surface area contributed by atoms with Crippen molar-refractivity contribution in [3.05, 3.63) is 31.8 Å². The van der Waals surface area contributed by atoms with Gasteiger partial charge >= 0.3 is 11.9 Å². The van der Waals surface area contributed by atoms with E-state index in [-0.39, 0.29) is 34.3 Å². The molecule has 23 heavy (non-hydrogen) atoms. The highest BCUT2D eigenvalue weighted by Crippen LogP contribution is 2.40. The molecule has 8 nitrogen and oxygen atoms in total. The molecule has 1 aromatic carbocycles. The van der Waals surface area contributed by atoms with Crippen LogP contribution < -0.4 is 5.73 Å². The molecule has 126 valence electrons. The van der Waals surface area contributed by atoms with Gasteiger partial charge in [-0.2, -0.15) is 0 Å². The number of rotatable bonds is 6. The van der Waals surface area contributed by atoms with Gasteiger partial charge in [-0.15, -0.1) is 0 Å². The van der Waals surface area contributed by atoms with Gasteiger partial charge in [0.2, 0.25) is 0 Å². The lowest BCUT2D eigenvalue weighted by molar-refractivity contribution is -0.386. The minimum Gasteiger partial charge on any atom is -0.466 e. The van der Waals surface area contributed by atoms with Gasteiger partial charge in [-0.1, -0.05) is 6.92 Å². The summed E-state index contributed by atoms with van der Waals surface area (Å²) in [5, 5.41) is 11.5. The number of hydrogen-bond donors (Lipinski definition) is 1. The van der Waals surface area contributed by atoms with E-state index in [1.165, 1.54) is 6.07 Å². The molecule has 0 amide bonds. The fourth-order valence-electron chi connectivity index (χ4n) is 2.25. The molecule has 0 aliphatic carbocycles. The van der Waals surface area contributed by atoms with E-state index in [2.05, 4.69) is 20.7 Å². The summed E-state index contributed by atoms with van der Waals surface area (Å²) in [7, 11) is 1.12. The number of nitro groups is 1. The molecule has 1 rings (SSSR count). The Morgan fingerprint density at radius 3 is 2.57 bits per heavy atom. The highest BCUT2D eigenvalue weighted by atomic mass is 79.9. The summed E-state index contributed by atoms with van der Waals surface area (Å²) in [5.41, 5.74) is 5.38. The Morgan fingerprint density at radius 2 is 2.09 bits per heavy atom. The summed E-state index contributed by atoms with van der Waals surface area (Å²) in [6.45, 7) is 3.47. The van der Waals surface area contributed by atoms with Gasteiger partial charge in [0.05, 0.1) is 30.6 Å². The van der Waals surface area contributed by atoms with Crippen molar-refractivity contribution in [1.82, 2.24) is 0 Å². The van der Waals surface area contributed by atoms with E-state index in [4.69, 9.17) is 10.5 Å². The molecule has 0 aliphatic rings. The van der Waals surface area contributed by atoms with Crippen molar-refractivity contribution in [1.29, 1.82) is 0 Å². The molecule has 0 aliphatic heterocycles. The van der Waals surface area contributed by atoms with Crippen molar-refractivity contribution >= 4 is 39.2 Å². The molecule has 9 heteroatoms. The van der Waals surface area contributed by atoms with Crippen LogP contribution in [0.3, 0.4) is 0 Å². The second-order valence-corrected chi connectivity index (χ2v) is 5.60. The van der Waals surface area contributed by atoms with Crippen LogP contribution in [-0.2, 0) is 14.3 Å². The van der Waals surface area contributed by atoms with Crippen molar-refractivity contribution in [3.8, 4) is 0 Å². The molecular weight excluding hydrogens is 372 g/mol. The van der Waals surface area contributed by atoms with E-state index in [0.29, 0.717) is 0 Å². The van der Waals surface area contributed by atoms with Gasteiger partial charge in [-0.25, -0.2) is 4.79 Å². The third-order valence-electron chi connectivity index (χ3n) is 3.17. The van der Waals surface area contributed by atoms with E-state index in [1.54, 1.807) is 13.8 Å². The predicted molar refractivity (Wildman–Crippen MR) is 86.2 cm³/mol. The summed E-state index contributed by atoms with van der Waals surface area (Å²) < 4.78 is 9.60. The van der Waals surface area contributed by atoms with Crippen LogP contribution in [0.1, 0.15) is 42.1 Å². The van der Waals surface area contributed by atoms with Crippen LogP contribution >= 0.6 is 15.9 Å². The molecule has 0 fully saturated rings. The number of carbonyl (C=O) groups is 2. The first-order chi connectivity index (χ1) is 10.7. The topological polar surface area (TPSA) is 122 Å². The van der Waals surface area contributed by atoms with Crippen LogP contribution in [0.4, 0.5) is 11.4 Å². The van der Waals surface area contributed by atoms with Gasteiger partial charge in [0.25, 0.3) is 5.69 Å². The zero-order chi connectivity index (χ0) is 17.7. The third-order valence-corrected chi connectivity index (χ3v) is 3.79. The lowest BCUT2D eigenvalue weighted by atomic mass is 9.92. The first kappa shape index (κ1) is 18.9. The van der Waals surface area contributed by atoms with Crippen molar-refractivity contribution < 1.29 is 24.0 Å². The highest BCUT2D eigenvalue weighted by molar-refractivity contribution is 9.10. The number of ether oxygens (including phenoxy) is 2. The molecular formula is C14H17BrN2O6. The Labute approximate surface area is 141 Å². The van der Waals surface area contributed by atoms with Crippen LogP contribution in [-0.4, -0.2) is 30.6 Å². The predicted octanol–water partition coefficient (Wildman–Crippen LogP) is 2.78. The second-order valence-electron chi connectivity index (χ2n) is 4.74. The Balaban J connectivity index is 3.49. The highest BCUT2D eigenvalue weighted by Gasteiger charge is 2.33. The van der Waals surface area contributed by atoms with Gasteiger partial charge in [-0.05, 0) is 28.9 Å². The Kier molecular flexibility index (Phi) is 6.49. The largest absolute Gasteiger partial charge is 0.466 e. The smallest absolute Gasteiger partial charge is 0.346 e. The molecule has 0 heterocycles. The third kappa shape index (κ3) is 4.19.